The van der Waals surface area contributed by atoms with Gasteiger partial charge in [0.05, 0.1) is 26.2 Å². The van der Waals surface area contributed by atoms with Crippen LogP contribution in [0.1, 0.15) is 20.6 Å². The Kier molecular flexibility index (Phi) is 4.66. The van der Waals surface area contributed by atoms with Crippen LogP contribution >= 0.6 is 0 Å². The summed E-state index contributed by atoms with van der Waals surface area (Å²) in [5, 5.41) is 4.54. The molecule has 53 heavy (non-hydrogen) atoms. The maximum absolute atomic E-state index is 9.75. The molecule has 0 atom stereocenters. The Morgan fingerprint density at radius 1 is 0.340 bits per heavy atom. The van der Waals surface area contributed by atoms with Crippen LogP contribution in [0.2, 0.25) is 0 Å². The summed E-state index contributed by atoms with van der Waals surface area (Å²) in [7, 11) is 0. The van der Waals surface area contributed by atoms with Crippen molar-refractivity contribution in [1.82, 2.24) is 0 Å². The van der Waals surface area contributed by atoms with E-state index in [-0.39, 0.29) is 5.69 Å². The third-order valence-corrected chi connectivity index (χ3v) is 9.49. The zero-order valence-corrected chi connectivity index (χ0v) is 28.0. The molecule has 0 N–H and O–H groups in total. The number of hydrogen-bond acceptors (Lipinski definition) is 1. The van der Waals surface area contributed by atoms with E-state index in [2.05, 4.69) is 0 Å². The van der Waals surface area contributed by atoms with Crippen molar-refractivity contribution < 1.29 is 20.6 Å². The molecule has 0 spiro atoms. The molecule has 10 aromatic carbocycles. The number of nitrogens with zero attached hydrogens (tertiary/aromatic N) is 1. The fourth-order valence-corrected chi connectivity index (χ4v) is 7.01. The summed E-state index contributed by atoms with van der Waals surface area (Å²) in [4.78, 5) is 1.66. The molecule has 0 aliphatic carbocycles. The van der Waals surface area contributed by atoms with E-state index in [0.717, 1.165) is 43.4 Å². The van der Waals surface area contributed by atoms with E-state index in [9.17, 15) is 8.22 Å². The average Bonchev–Trinajstić information content (AvgIpc) is 3.35. The SMILES string of the molecule is [2H]c1c([2H])c([2H])c(-c2c([2H])c([2H])c([2H])c3c([2H])c([2H])c(-c4c([2H])c([2H])c(N(c5ccc(-c6cccc7ccccc67)cc5)c5cc6ccccc6c6ccccc56)c([2H])c4[2H])c([2H])c23)c([2H])c1[2H]. The van der Waals surface area contributed by atoms with Crippen LogP contribution < -0.4 is 4.90 Å². The van der Waals surface area contributed by atoms with Crippen molar-refractivity contribution in [1.29, 1.82) is 0 Å². The molecule has 248 valence electrons. The molecule has 1 heteroatoms. The molecule has 0 aliphatic heterocycles. The summed E-state index contributed by atoms with van der Waals surface area (Å²) in [6.07, 6.45) is 0. The Bertz CT molecular complexity index is 3750. The third-order valence-electron chi connectivity index (χ3n) is 9.49. The van der Waals surface area contributed by atoms with Gasteiger partial charge in [0.1, 0.15) is 0 Å². The van der Waals surface area contributed by atoms with E-state index in [1.165, 1.54) is 0 Å². The second-order valence-electron chi connectivity index (χ2n) is 12.5. The van der Waals surface area contributed by atoms with Crippen LogP contribution in [0.4, 0.5) is 17.1 Å². The van der Waals surface area contributed by atoms with Crippen LogP contribution in [0.25, 0.3) is 76.5 Å². The van der Waals surface area contributed by atoms with Crippen molar-refractivity contribution >= 4 is 60.2 Å². The van der Waals surface area contributed by atoms with Crippen molar-refractivity contribution in [2.75, 3.05) is 4.90 Å². The topological polar surface area (TPSA) is 3.24 Å². The smallest absolute Gasteiger partial charge is 0.0645 e. The lowest BCUT2D eigenvalue weighted by atomic mass is 9.94. The molecule has 0 saturated heterocycles. The summed E-state index contributed by atoms with van der Waals surface area (Å²) < 4.78 is 135. The van der Waals surface area contributed by atoms with Gasteiger partial charge in [0.25, 0.3) is 0 Å². The van der Waals surface area contributed by atoms with Gasteiger partial charge < -0.3 is 4.90 Å². The van der Waals surface area contributed by atoms with E-state index in [1.54, 1.807) is 4.90 Å². The van der Waals surface area contributed by atoms with Gasteiger partial charge in [0, 0.05) is 16.8 Å². The lowest BCUT2D eigenvalue weighted by Gasteiger charge is -2.28. The first-order valence-corrected chi connectivity index (χ1v) is 17.0. The summed E-state index contributed by atoms with van der Waals surface area (Å²) in [6.45, 7) is 0. The van der Waals surface area contributed by atoms with Gasteiger partial charge in [-0.2, -0.15) is 0 Å². The first-order chi connectivity index (χ1) is 32.5. The second kappa shape index (κ2) is 13.0. The molecular formula is C52H35N. The largest absolute Gasteiger partial charge is 0.310 e. The highest BCUT2D eigenvalue weighted by molar-refractivity contribution is 6.14. The van der Waals surface area contributed by atoms with Gasteiger partial charge in [-0.3, -0.25) is 0 Å². The van der Waals surface area contributed by atoms with Gasteiger partial charge >= 0.3 is 0 Å². The minimum absolute atomic E-state index is 0.160. The summed E-state index contributed by atoms with van der Waals surface area (Å²) in [5.74, 6) is 0. The Morgan fingerprint density at radius 3 is 1.83 bits per heavy atom. The monoisotopic (exact) mass is 688 g/mol. The first-order valence-electron chi connectivity index (χ1n) is 24.5. The van der Waals surface area contributed by atoms with Crippen LogP contribution in [0.5, 0.6) is 0 Å². The molecule has 1 nitrogen and oxygen atoms in total. The molecule has 0 fully saturated rings. The average molecular weight is 689 g/mol. The molecule has 0 aliphatic rings. The minimum Gasteiger partial charge on any atom is -0.310 e. The molecule has 0 saturated carbocycles. The molecule has 0 aromatic heterocycles. The molecule has 0 radical (unpaired) electrons. The van der Waals surface area contributed by atoms with E-state index >= 15 is 0 Å². The molecule has 0 bridgehead atoms. The second-order valence-corrected chi connectivity index (χ2v) is 12.5. The van der Waals surface area contributed by atoms with E-state index in [0.29, 0.717) is 11.4 Å². The number of hydrogen-bond donors (Lipinski definition) is 0. The Labute approximate surface area is 330 Å². The summed E-state index contributed by atoms with van der Waals surface area (Å²) in [6, 6.07) is 28.1. The summed E-state index contributed by atoms with van der Waals surface area (Å²) in [5.41, 5.74) is 0.523. The lowest BCUT2D eigenvalue weighted by Crippen LogP contribution is -2.10. The van der Waals surface area contributed by atoms with Crippen molar-refractivity contribution in [3.05, 3.63) is 212 Å². The highest BCUT2D eigenvalue weighted by Gasteiger charge is 2.18. The van der Waals surface area contributed by atoms with Crippen molar-refractivity contribution in [2.45, 2.75) is 0 Å². The highest BCUT2D eigenvalue weighted by Crippen LogP contribution is 2.43. The van der Waals surface area contributed by atoms with E-state index < -0.39 is 124 Å². The van der Waals surface area contributed by atoms with Crippen LogP contribution in [-0.4, -0.2) is 0 Å². The molecule has 0 amide bonds. The minimum atomic E-state index is -0.780. The lowest BCUT2D eigenvalue weighted by molar-refractivity contribution is 1.30. The van der Waals surface area contributed by atoms with Crippen LogP contribution in [0.15, 0.2) is 212 Å². The molecule has 10 aromatic rings. The molecule has 0 heterocycles. The Balaban J connectivity index is 1.26. The summed E-state index contributed by atoms with van der Waals surface area (Å²) >= 11 is 0. The van der Waals surface area contributed by atoms with Crippen LogP contribution in [-0.2, 0) is 0 Å². The highest BCUT2D eigenvalue weighted by atomic mass is 15.1. The predicted molar refractivity (Wildman–Crippen MR) is 227 cm³/mol. The zero-order chi connectivity index (χ0) is 48.2. The molecule has 0 unspecified atom stereocenters. The van der Waals surface area contributed by atoms with Gasteiger partial charge in [-0.1, -0.05) is 176 Å². The number of fused-ring (bicyclic) bond motifs is 5. The molecule has 10 rings (SSSR count). The fraction of sp³-hybridized carbons (Fsp3) is 0. The first kappa shape index (κ1) is 19.0. The number of anilines is 3. The third kappa shape index (κ3) is 5.51. The maximum atomic E-state index is 9.75. The fourth-order valence-electron chi connectivity index (χ4n) is 7.01. The zero-order valence-electron chi connectivity index (χ0n) is 43.0. The normalized spacial score (nSPS) is 15.4. The van der Waals surface area contributed by atoms with Gasteiger partial charge in [0.2, 0.25) is 0 Å². The van der Waals surface area contributed by atoms with Crippen molar-refractivity contribution in [2.24, 2.45) is 0 Å². The Hall–Kier alpha value is -6.96. The Morgan fingerprint density at radius 2 is 1.02 bits per heavy atom. The van der Waals surface area contributed by atoms with Crippen molar-refractivity contribution in [3.8, 4) is 33.4 Å². The standard InChI is InChI=1S/C52H35N/c1-2-12-37(13-3-1)47-23-11-17-39-24-25-41(34-51(39)47)36-26-30-43(31-27-36)53(52-35-42-15-5-7-19-48(42)49-20-8-9-21-50(49)52)44-32-28-40(29-33-44)46-22-10-16-38-14-4-6-18-45(38)46/h1-35H/i1D,2D,3D,11D,12D,13D,17D,23D,24D,25D,26D,27D,30D,31D,34D. The van der Waals surface area contributed by atoms with Gasteiger partial charge in [-0.15, -0.1) is 0 Å². The van der Waals surface area contributed by atoms with Crippen LogP contribution in [0.3, 0.4) is 0 Å². The molecular weight excluding hydrogens is 639 g/mol. The van der Waals surface area contributed by atoms with Gasteiger partial charge in [-0.25, -0.2) is 0 Å². The maximum Gasteiger partial charge on any atom is 0.0645 e. The van der Waals surface area contributed by atoms with Crippen molar-refractivity contribution in [3.63, 3.8) is 0 Å². The van der Waals surface area contributed by atoms with Crippen LogP contribution in [0, 0.1) is 0 Å². The van der Waals surface area contributed by atoms with E-state index in [4.69, 9.17) is 12.3 Å². The quantitative estimate of drug-likeness (QED) is 0.157. The number of benzene rings is 10. The number of rotatable bonds is 6. The van der Waals surface area contributed by atoms with Gasteiger partial charge in [0.15, 0.2) is 0 Å². The van der Waals surface area contributed by atoms with Gasteiger partial charge in [-0.05, 0) is 107 Å². The van der Waals surface area contributed by atoms with E-state index in [1.807, 2.05) is 121 Å². The predicted octanol–water partition coefficient (Wildman–Crippen LogP) is 14.8.